The summed E-state index contributed by atoms with van der Waals surface area (Å²) in [5.74, 6) is -0.294. The van der Waals surface area contributed by atoms with E-state index < -0.39 is 11.7 Å². The number of carbonyl (C=O) groups excluding carboxylic acids is 1. The Bertz CT molecular complexity index is 1040. The van der Waals surface area contributed by atoms with Gasteiger partial charge in [-0.2, -0.15) is 13.2 Å². The van der Waals surface area contributed by atoms with Gasteiger partial charge in [-0.25, -0.2) is 4.98 Å². The molecule has 0 saturated carbocycles. The van der Waals surface area contributed by atoms with Crippen LogP contribution >= 0.6 is 23.1 Å². The first kappa shape index (κ1) is 21.9. The third-order valence-electron chi connectivity index (χ3n) is 5.04. The van der Waals surface area contributed by atoms with Gasteiger partial charge in [0.2, 0.25) is 5.91 Å². The molecule has 0 unspecified atom stereocenters. The van der Waals surface area contributed by atoms with E-state index in [1.165, 1.54) is 29.2 Å². The average Bonchev–Trinajstić information content (AvgIpc) is 3.15. The van der Waals surface area contributed by atoms with Crippen molar-refractivity contribution in [3.63, 3.8) is 0 Å². The van der Waals surface area contributed by atoms with Crippen LogP contribution in [0, 0.1) is 0 Å². The van der Waals surface area contributed by atoms with Crippen LogP contribution in [-0.2, 0) is 11.0 Å². The fourth-order valence-electron chi connectivity index (χ4n) is 3.36. The predicted molar refractivity (Wildman–Crippen MR) is 120 cm³/mol. The van der Waals surface area contributed by atoms with E-state index in [1.54, 1.807) is 0 Å². The van der Waals surface area contributed by atoms with Gasteiger partial charge in [0.15, 0.2) is 4.34 Å². The van der Waals surface area contributed by atoms with Crippen molar-refractivity contribution in [2.45, 2.75) is 10.5 Å². The lowest BCUT2D eigenvalue weighted by atomic mass is 10.1. The van der Waals surface area contributed by atoms with Crippen LogP contribution in [0.2, 0.25) is 0 Å². The summed E-state index contributed by atoms with van der Waals surface area (Å²) in [4.78, 5) is 21.2. The highest BCUT2D eigenvalue weighted by Crippen LogP contribution is 2.36. The van der Waals surface area contributed by atoms with Crippen LogP contribution in [0.4, 0.5) is 24.5 Å². The van der Waals surface area contributed by atoms with Crippen LogP contribution < -0.4 is 10.2 Å². The van der Waals surface area contributed by atoms with Crippen LogP contribution in [0.3, 0.4) is 0 Å². The second-order valence-electron chi connectivity index (χ2n) is 7.30. The van der Waals surface area contributed by atoms with Crippen molar-refractivity contribution in [1.29, 1.82) is 0 Å². The summed E-state index contributed by atoms with van der Waals surface area (Å²) in [6, 6.07) is 11.2. The molecule has 0 bridgehead atoms. The lowest BCUT2D eigenvalue weighted by Gasteiger charge is -2.35. The van der Waals surface area contributed by atoms with Gasteiger partial charge < -0.3 is 15.1 Å². The molecule has 5 nitrogen and oxygen atoms in total. The second-order valence-corrected chi connectivity index (χ2v) is 9.56. The van der Waals surface area contributed by atoms with E-state index in [-0.39, 0.29) is 17.3 Å². The molecule has 0 aliphatic carbocycles. The first-order valence-corrected chi connectivity index (χ1v) is 11.5. The summed E-state index contributed by atoms with van der Waals surface area (Å²) in [7, 11) is 2.01. The number of alkyl halides is 3. The number of piperazine rings is 1. The van der Waals surface area contributed by atoms with Crippen molar-refractivity contribution in [1.82, 2.24) is 9.88 Å². The molecule has 10 heteroatoms. The number of thiazole rings is 1. The molecule has 0 radical (unpaired) electrons. The highest BCUT2D eigenvalue weighted by molar-refractivity contribution is 8.01. The number of thioether (sulfide) groups is 1. The molecule has 1 aromatic heterocycles. The van der Waals surface area contributed by atoms with E-state index in [9.17, 15) is 18.0 Å². The molecule has 1 saturated heterocycles. The standard InChI is InChI=1S/C21H21F3N4OS2/c1-27-8-10-28(11-9-27)17-7-6-14(21(22,23)24)12-16(17)25-19(29)13-30-20-26-15-4-2-3-5-18(15)31-20/h2-7,12H,8-11,13H2,1H3,(H,25,29). The van der Waals surface area contributed by atoms with E-state index in [0.29, 0.717) is 18.8 Å². The number of amides is 1. The summed E-state index contributed by atoms with van der Waals surface area (Å²) in [5.41, 5.74) is 0.888. The van der Waals surface area contributed by atoms with E-state index >= 15 is 0 Å². The third-order valence-corrected chi connectivity index (χ3v) is 7.22. The Balaban J connectivity index is 1.49. The number of fused-ring (bicyclic) bond motifs is 1. The summed E-state index contributed by atoms with van der Waals surface area (Å²) in [6.07, 6.45) is -4.48. The number of aromatic nitrogens is 1. The van der Waals surface area contributed by atoms with Gasteiger partial charge in [0.25, 0.3) is 0 Å². The molecule has 1 N–H and O–H groups in total. The smallest absolute Gasteiger partial charge is 0.367 e. The first-order chi connectivity index (χ1) is 14.8. The SMILES string of the molecule is CN1CCN(c2ccc(C(F)(F)F)cc2NC(=O)CSc2nc3ccccc3s2)CC1. The minimum atomic E-state index is -4.48. The number of nitrogens with zero attached hydrogens (tertiary/aromatic N) is 3. The summed E-state index contributed by atoms with van der Waals surface area (Å²) >= 11 is 2.77. The molecule has 2 heterocycles. The number of nitrogens with one attached hydrogen (secondary N) is 1. The highest BCUT2D eigenvalue weighted by atomic mass is 32.2. The molecule has 1 aliphatic heterocycles. The minimum absolute atomic E-state index is 0.0677. The van der Waals surface area contributed by atoms with Crippen molar-refractivity contribution in [3.05, 3.63) is 48.0 Å². The Morgan fingerprint density at radius 2 is 1.90 bits per heavy atom. The zero-order valence-electron chi connectivity index (χ0n) is 16.8. The molecule has 0 spiro atoms. The van der Waals surface area contributed by atoms with Crippen LogP contribution in [0.25, 0.3) is 10.2 Å². The van der Waals surface area contributed by atoms with Gasteiger partial charge in [-0.1, -0.05) is 23.9 Å². The fraction of sp³-hybridized carbons (Fsp3) is 0.333. The summed E-state index contributed by atoms with van der Waals surface area (Å²) in [6.45, 7) is 2.99. The van der Waals surface area contributed by atoms with E-state index in [0.717, 1.165) is 39.8 Å². The Labute approximate surface area is 186 Å². The van der Waals surface area contributed by atoms with Gasteiger partial charge in [0.05, 0.1) is 32.9 Å². The molecular formula is C21H21F3N4OS2. The Kier molecular flexibility index (Phi) is 6.40. The number of likely N-dealkylation sites (N-methyl/N-ethyl adjacent to an activating group) is 1. The summed E-state index contributed by atoms with van der Waals surface area (Å²) in [5, 5.41) is 2.70. The molecule has 3 aromatic rings. The Morgan fingerprint density at radius 1 is 1.16 bits per heavy atom. The van der Waals surface area contributed by atoms with Crippen molar-refractivity contribution in [3.8, 4) is 0 Å². The highest BCUT2D eigenvalue weighted by Gasteiger charge is 2.32. The zero-order chi connectivity index (χ0) is 22.0. The Hall–Kier alpha value is -2.30. The van der Waals surface area contributed by atoms with Crippen LogP contribution in [-0.4, -0.2) is 54.8 Å². The lowest BCUT2D eigenvalue weighted by molar-refractivity contribution is -0.137. The average molecular weight is 467 g/mol. The normalized spacial score (nSPS) is 15.4. The molecule has 164 valence electrons. The van der Waals surface area contributed by atoms with Gasteiger partial charge >= 0.3 is 6.18 Å². The maximum absolute atomic E-state index is 13.3. The van der Waals surface area contributed by atoms with Crippen molar-refractivity contribution in [2.24, 2.45) is 0 Å². The number of carbonyl (C=O) groups is 1. The first-order valence-electron chi connectivity index (χ1n) is 9.72. The second kappa shape index (κ2) is 9.05. The zero-order valence-corrected chi connectivity index (χ0v) is 18.4. The van der Waals surface area contributed by atoms with Gasteiger partial charge in [-0.15, -0.1) is 11.3 Å². The van der Waals surface area contributed by atoms with E-state index in [2.05, 4.69) is 15.2 Å². The fourth-order valence-corrected chi connectivity index (χ4v) is 5.23. The number of halogens is 3. The van der Waals surface area contributed by atoms with Gasteiger partial charge in [0.1, 0.15) is 0 Å². The molecular weight excluding hydrogens is 445 g/mol. The topological polar surface area (TPSA) is 48.5 Å². The van der Waals surface area contributed by atoms with E-state index in [4.69, 9.17) is 0 Å². The number of rotatable bonds is 5. The molecule has 31 heavy (non-hydrogen) atoms. The molecule has 0 atom stereocenters. The van der Waals surface area contributed by atoms with Crippen molar-refractivity contribution >= 4 is 50.6 Å². The molecule has 1 aliphatic rings. The maximum atomic E-state index is 13.3. The molecule has 2 aromatic carbocycles. The lowest BCUT2D eigenvalue weighted by Crippen LogP contribution is -2.44. The largest absolute Gasteiger partial charge is 0.416 e. The third kappa shape index (κ3) is 5.31. The Morgan fingerprint density at radius 3 is 2.61 bits per heavy atom. The molecule has 4 rings (SSSR count). The van der Waals surface area contributed by atoms with E-state index in [1.807, 2.05) is 36.2 Å². The number of anilines is 2. The predicted octanol–water partition coefficient (Wildman–Crippen LogP) is 4.80. The molecule has 1 fully saturated rings. The van der Waals surface area contributed by atoms with Crippen LogP contribution in [0.1, 0.15) is 5.56 Å². The van der Waals surface area contributed by atoms with Crippen molar-refractivity contribution in [2.75, 3.05) is 49.2 Å². The number of hydrogen-bond acceptors (Lipinski definition) is 6. The summed E-state index contributed by atoms with van der Waals surface area (Å²) < 4.78 is 41.5. The monoisotopic (exact) mass is 466 g/mol. The number of para-hydroxylation sites is 1. The quantitative estimate of drug-likeness (QED) is 0.548. The van der Waals surface area contributed by atoms with Gasteiger partial charge in [-0.05, 0) is 37.4 Å². The van der Waals surface area contributed by atoms with Crippen LogP contribution in [0.15, 0.2) is 46.8 Å². The van der Waals surface area contributed by atoms with Crippen LogP contribution in [0.5, 0.6) is 0 Å². The maximum Gasteiger partial charge on any atom is 0.416 e. The number of hydrogen-bond donors (Lipinski definition) is 1. The van der Waals surface area contributed by atoms with Gasteiger partial charge in [0, 0.05) is 26.2 Å². The molecule has 1 amide bonds. The van der Waals surface area contributed by atoms with Gasteiger partial charge in [-0.3, -0.25) is 4.79 Å². The van der Waals surface area contributed by atoms with Crippen molar-refractivity contribution < 1.29 is 18.0 Å². The number of benzene rings is 2. The minimum Gasteiger partial charge on any atom is -0.367 e.